The second kappa shape index (κ2) is 9.44. The Kier molecular flexibility index (Phi) is 7.47. The van der Waals surface area contributed by atoms with Crippen LogP contribution in [0.2, 0.25) is 0 Å². The fraction of sp³-hybridized carbons (Fsp3) is 0.529. The maximum atomic E-state index is 12.7. The van der Waals surface area contributed by atoms with Gasteiger partial charge in [0, 0.05) is 13.1 Å². The van der Waals surface area contributed by atoms with Gasteiger partial charge in [0.05, 0.1) is 17.9 Å². The van der Waals surface area contributed by atoms with Gasteiger partial charge in [0.15, 0.2) is 6.61 Å². The van der Waals surface area contributed by atoms with Crippen molar-refractivity contribution in [2.45, 2.75) is 23.9 Å². The number of hydrogen-bond donors (Lipinski definition) is 1. The smallest absolute Gasteiger partial charge is 0.405 e. The fourth-order valence-electron chi connectivity index (χ4n) is 2.73. The summed E-state index contributed by atoms with van der Waals surface area (Å²) in [5.74, 6) is -1.92. The van der Waals surface area contributed by atoms with E-state index in [2.05, 4.69) is 0 Å². The van der Waals surface area contributed by atoms with Crippen LogP contribution in [0.5, 0.6) is 5.75 Å². The highest BCUT2D eigenvalue weighted by atomic mass is 32.2. The zero-order chi connectivity index (χ0) is 21.7. The summed E-state index contributed by atoms with van der Waals surface area (Å²) in [5.41, 5.74) is 0. The minimum Gasteiger partial charge on any atom is -0.497 e. The molecule has 0 atom stereocenters. The number of ether oxygens (including phenoxy) is 2. The van der Waals surface area contributed by atoms with Crippen LogP contribution in [-0.2, 0) is 24.3 Å². The number of sulfonamides is 1. The van der Waals surface area contributed by atoms with E-state index in [0.29, 0.717) is 5.75 Å². The molecule has 1 aliphatic rings. The Morgan fingerprint density at radius 1 is 1.17 bits per heavy atom. The minimum absolute atomic E-state index is 0.0778. The lowest BCUT2D eigenvalue weighted by Gasteiger charge is -2.30. The largest absolute Gasteiger partial charge is 0.497 e. The average Bonchev–Trinajstić information content (AvgIpc) is 2.70. The van der Waals surface area contributed by atoms with Crippen LogP contribution in [0, 0.1) is 5.92 Å². The normalized spacial score (nSPS) is 16.3. The molecule has 2 rings (SSSR count). The predicted molar refractivity (Wildman–Crippen MR) is 94.5 cm³/mol. The number of nitrogens with zero attached hydrogens (tertiary/aromatic N) is 1. The molecule has 8 nitrogen and oxygen atoms in total. The lowest BCUT2D eigenvalue weighted by atomic mass is 9.98. The van der Waals surface area contributed by atoms with Crippen molar-refractivity contribution >= 4 is 21.9 Å². The Hall–Kier alpha value is -2.34. The first-order valence-electron chi connectivity index (χ1n) is 8.67. The molecule has 1 amide bonds. The number of alkyl halides is 3. The maximum absolute atomic E-state index is 12.7. The summed E-state index contributed by atoms with van der Waals surface area (Å²) in [6.45, 7) is -2.17. The number of piperidine rings is 1. The number of carbonyl (C=O) groups is 2. The molecule has 1 fully saturated rings. The van der Waals surface area contributed by atoms with Crippen molar-refractivity contribution in [3.05, 3.63) is 24.3 Å². The van der Waals surface area contributed by atoms with Crippen LogP contribution in [0.4, 0.5) is 13.2 Å². The number of methoxy groups -OCH3 is 1. The van der Waals surface area contributed by atoms with E-state index in [1.165, 1.54) is 35.7 Å². The standard InChI is InChI=1S/C17H21F3N2O6S/c1-27-13-2-4-14(5-3-13)29(25,26)22-8-6-12(7-9-22)16(24)28-10-15(23)21-11-17(18,19)20/h2-5,12H,6-11H2,1H3,(H,21,23). The van der Waals surface area contributed by atoms with Gasteiger partial charge in [-0.2, -0.15) is 17.5 Å². The number of esters is 1. The van der Waals surface area contributed by atoms with Crippen molar-refractivity contribution < 1.29 is 40.7 Å². The molecule has 0 bridgehead atoms. The average molecular weight is 438 g/mol. The molecule has 0 saturated carbocycles. The van der Waals surface area contributed by atoms with Gasteiger partial charge < -0.3 is 14.8 Å². The van der Waals surface area contributed by atoms with Gasteiger partial charge in [-0.3, -0.25) is 9.59 Å². The number of halogens is 3. The Bertz CT molecular complexity index is 819. The lowest BCUT2D eigenvalue weighted by molar-refractivity contribution is -0.155. The first kappa shape index (κ1) is 22.9. The summed E-state index contributed by atoms with van der Waals surface area (Å²) in [7, 11) is -2.26. The van der Waals surface area contributed by atoms with E-state index in [1.807, 2.05) is 0 Å². The number of nitrogens with one attached hydrogen (secondary N) is 1. The third-order valence-electron chi connectivity index (χ3n) is 4.32. The molecule has 29 heavy (non-hydrogen) atoms. The van der Waals surface area contributed by atoms with Gasteiger partial charge in [0.1, 0.15) is 12.3 Å². The van der Waals surface area contributed by atoms with Gasteiger partial charge in [-0.1, -0.05) is 0 Å². The van der Waals surface area contributed by atoms with Crippen molar-refractivity contribution in [1.29, 1.82) is 0 Å². The third kappa shape index (κ3) is 6.60. The first-order chi connectivity index (χ1) is 13.5. The topological polar surface area (TPSA) is 102 Å². The zero-order valence-corrected chi connectivity index (χ0v) is 16.4. The minimum atomic E-state index is -4.55. The highest BCUT2D eigenvalue weighted by molar-refractivity contribution is 7.89. The summed E-state index contributed by atoms with van der Waals surface area (Å²) < 4.78 is 72.3. The summed E-state index contributed by atoms with van der Waals surface area (Å²) in [6.07, 6.45) is -4.20. The number of carbonyl (C=O) groups excluding carboxylic acids is 2. The molecule has 12 heteroatoms. The molecular formula is C17H21F3N2O6S. The number of hydrogen-bond acceptors (Lipinski definition) is 6. The molecule has 0 unspecified atom stereocenters. The van der Waals surface area contributed by atoms with Crippen molar-refractivity contribution in [2.24, 2.45) is 5.92 Å². The molecule has 0 aromatic heterocycles. The van der Waals surface area contributed by atoms with E-state index < -0.39 is 47.1 Å². The van der Waals surface area contributed by atoms with E-state index in [0.717, 1.165) is 0 Å². The van der Waals surface area contributed by atoms with Crippen molar-refractivity contribution in [2.75, 3.05) is 33.4 Å². The Balaban J connectivity index is 1.83. The van der Waals surface area contributed by atoms with Gasteiger partial charge in [0.25, 0.3) is 5.91 Å². The molecule has 1 N–H and O–H groups in total. The van der Waals surface area contributed by atoms with Crippen LogP contribution >= 0.6 is 0 Å². The van der Waals surface area contributed by atoms with Crippen LogP contribution in [0.1, 0.15) is 12.8 Å². The molecular weight excluding hydrogens is 417 g/mol. The summed E-state index contributed by atoms with van der Waals surface area (Å²) in [6, 6.07) is 5.91. The van der Waals surface area contributed by atoms with Crippen LogP contribution in [0.15, 0.2) is 29.2 Å². The highest BCUT2D eigenvalue weighted by Crippen LogP contribution is 2.25. The molecule has 1 aliphatic heterocycles. The van der Waals surface area contributed by atoms with Crippen molar-refractivity contribution in [1.82, 2.24) is 9.62 Å². The van der Waals surface area contributed by atoms with E-state index in [1.54, 1.807) is 5.32 Å². The Labute approximate surface area is 166 Å². The number of amides is 1. The van der Waals surface area contributed by atoms with Gasteiger partial charge in [-0.05, 0) is 37.1 Å². The second-order valence-electron chi connectivity index (χ2n) is 6.35. The number of rotatable bonds is 7. The van der Waals surface area contributed by atoms with Crippen LogP contribution in [0.25, 0.3) is 0 Å². The molecule has 1 aromatic carbocycles. The van der Waals surface area contributed by atoms with E-state index in [9.17, 15) is 31.2 Å². The van der Waals surface area contributed by atoms with E-state index in [-0.39, 0.29) is 30.8 Å². The monoisotopic (exact) mass is 438 g/mol. The van der Waals surface area contributed by atoms with E-state index in [4.69, 9.17) is 9.47 Å². The molecule has 0 spiro atoms. The van der Waals surface area contributed by atoms with Crippen molar-refractivity contribution in [3.8, 4) is 5.75 Å². The Morgan fingerprint density at radius 3 is 2.28 bits per heavy atom. The summed E-state index contributed by atoms with van der Waals surface area (Å²) in [5, 5.41) is 1.60. The fourth-order valence-corrected chi connectivity index (χ4v) is 4.20. The SMILES string of the molecule is COc1ccc(S(=O)(=O)N2CCC(C(=O)OCC(=O)NCC(F)(F)F)CC2)cc1. The number of benzene rings is 1. The molecule has 0 radical (unpaired) electrons. The maximum Gasteiger partial charge on any atom is 0.405 e. The molecule has 162 valence electrons. The van der Waals surface area contributed by atoms with Crippen LogP contribution < -0.4 is 10.1 Å². The molecule has 1 aromatic rings. The van der Waals surface area contributed by atoms with Gasteiger partial charge in [-0.15, -0.1) is 0 Å². The predicted octanol–water partition coefficient (Wildman–Crippen LogP) is 1.32. The first-order valence-corrected chi connectivity index (χ1v) is 10.1. The van der Waals surface area contributed by atoms with Crippen molar-refractivity contribution in [3.63, 3.8) is 0 Å². The molecule has 1 saturated heterocycles. The Morgan fingerprint density at radius 2 is 1.76 bits per heavy atom. The molecule has 0 aliphatic carbocycles. The van der Waals surface area contributed by atoms with Gasteiger partial charge in [-0.25, -0.2) is 8.42 Å². The zero-order valence-electron chi connectivity index (χ0n) is 15.6. The highest BCUT2D eigenvalue weighted by Gasteiger charge is 2.33. The summed E-state index contributed by atoms with van der Waals surface area (Å²) >= 11 is 0. The van der Waals surface area contributed by atoms with E-state index >= 15 is 0 Å². The molecule has 1 heterocycles. The lowest BCUT2D eigenvalue weighted by Crippen LogP contribution is -2.41. The third-order valence-corrected chi connectivity index (χ3v) is 6.23. The van der Waals surface area contributed by atoms with Gasteiger partial charge >= 0.3 is 12.1 Å². The van der Waals surface area contributed by atoms with Crippen LogP contribution in [-0.4, -0.2) is 64.1 Å². The van der Waals surface area contributed by atoms with Crippen LogP contribution in [0.3, 0.4) is 0 Å². The quantitative estimate of drug-likeness (QED) is 0.645. The van der Waals surface area contributed by atoms with Gasteiger partial charge in [0.2, 0.25) is 10.0 Å². The summed E-state index contributed by atoms with van der Waals surface area (Å²) in [4.78, 5) is 23.4. The second-order valence-corrected chi connectivity index (χ2v) is 8.29.